The summed E-state index contributed by atoms with van der Waals surface area (Å²) >= 11 is 0. The molecule has 6 heteroatoms. The van der Waals surface area contributed by atoms with Crippen LogP contribution in [0.2, 0.25) is 0 Å². The summed E-state index contributed by atoms with van der Waals surface area (Å²) in [6, 6.07) is 9.64. The van der Waals surface area contributed by atoms with Crippen molar-refractivity contribution in [3.05, 3.63) is 48.0 Å². The Morgan fingerprint density at radius 3 is 2.76 bits per heavy atom. The van der Waals surface area contributed by atoms with E-state index in [1.54, 1.807) is 20.0 Å². The number of aryl methyl sites for hydroxylation is 1. The van der Waals surface area contributed by atoms with Crippen molar-refractivity contribution in [2.75, 3.05) is 17.7 Å². The molecule has 0 saturated carbocycles. The van der Waals surface area contributed by atoms with Crippen LogP contribution < -0.4 is 10.6 Å². The van der Waals surface area contributed by atoms with Crippen molar-refractivity contribution in [2.45, 2.75) is 6.92 Å². The Balaban J connectivity index is 1.98. The number of carbonyl (C=O) groups excluding carboxylic acids is 1. The molecule has 3 aromatic rings. The summed E-state index contributed by atoms with van der Waals surface area (Å²) in [4.78, 5) is 20.6. The summed E-state index contributed by atoms with van der Waals surface area (Å²) in [5.41, 5.74) is 1.00. The minimum atomic E-state index is -0.362. The van der Waals surface area contributed by atoms with E-state index in [0.29, 0.717) is 17.2 Å². The first-order valence-corrected chi connectivity index (χ1v) is 6.48. The number of hydrogen-bond acceptors (Lipinski definition) is 5. The van der Waals surface area contributed by atoms with Crippen LogP contribution in [0.25, 0.3) is 10.8 Å². The van der Waals surface area contributed by atoms with Gasteiger partial charge >= 0.3 is 6.01 Å². The molecule has 106 valence electrons. The summed E-state index contributed by atoms with van der Waals surface area (Å²) < 4.78 is 5.11. The summed E-state index contributed by atoms with van der Waals surface area (Å²) in [5.74, 6) is 0.293. The summed E-state index contributed by atoms with van der Waals surface area (Å²) in [6.07, 6.45) is 1.47. The zero-order chi connectivity index (χ0) is 14.8. The van der Waals surface area contributed by atoms with E-state index in [1.807, 2.05) is 24.3 Å². The highest BCUT2D eigenvalue weighted by Gasteiger charge is 2.13. The fourth-order valence-electron chi connectivity index (χ4n) is 2.08. The Kier molecular flexibility index (Phi) is 3.27. The second-order valence-electron chi connectivity index (χ2n) is 4.58. The Morgan fingerprint density at radius 1 is 1.24 bits per heavy atom. The molecule has 0 aliphatic heterocycles. The molecule has 0 aliphatic carbocycles. The number of aromatic nitrogens is 2. The van der Waals surface area contributed by atoms with Gasteiger partial charge in [-0.25, -0.2) is 4.98 Å². The maximum atomic E-state index is 12.2. The highest BCUT2D eigenvalue weighted by molar-refractivity contribution is 6.05. The van der Waals surface area contributed by atoms with Crippen LogP contribution in [0.1, 0.15) is 16.2 Å². The predicted molar refractivity (Wildman–Crippen MR) is 80.5 cm³/mol. The minimum absolute atomic E-state index is 0.165. The molecule has 0 bridgehead atoms. The van der Waals surface area contributed by atoms with Crippen LogP contribution in [-0.2, 0) is 0 Å². The molecule has 2 N–H and O–H groups in total. The molecule has 1 aromatic carbocycles. The third kappa shape index (κ3) is 2.55. The Labute approximate surface area is 121 Å². The van der Waals surface area contributed by atoms with E-state index in [9.17, 15) is 4.79 Å². The molecule has 0 aliphatic rings. The standard InChI is InChI=1S/C15H14N4O2/c1-9-8-21-15(17-9)19-14(20)12-7-10-5-3-4-6-11(10)13(16-2)18-12/h3-8H,1-2H3,(H,16,18)(H,17,19,20). The van der Waals surface area contributed by atoms with E-state index in [2.05, 4.69) is 20.6 Å². The molecule has 0 atom stereocenters. The van der Waals surface area contributed by atoms with E-state index in [4.69, 9.17) is 4.42 Å². The molecule has 6 nitrogen and oxygen atoms in total. The van der Waals surface area contributed by atoms with Crippen molar-refractivity contribution in [1.82, 2.24) is 9.97 Å². The van der Waals surface area contributed by atoms with E-state index >= 15 is 0 Å². The van der Waals surface area contributed by atoms with Gasteiger partial charge in [-0.15, -0.1) is 0 Å². The number of anilines is 2. The Morgan fingerprint density at radius 2 is 2.05 bits per heavy atom. The van der Waals surface area contributed by atoms with Crippen molar-refractivity contribution >= 4 is 28.5 Å². The van der Waals surface area contributed by atoms with Crippen molar-refractivity contribution in [3.63, 3.8) is 0 Å². The van der Waals surface area contributed by atoms with Crippen molar-refractivity contribution in [3.8, 4) is 0 Å². The van der Waals surface area contributed by atoms with Gasteiger partial charge in [0, 0.05) is 12.4 Å². The number of nitrogens with one attached hydrogen (secondary N) is 2. The zero-order valence-corrected chi connectivity index (χ0v) is 11.7. The van der Waals surface area contributed by atoms with Crippen LogP contribution in [0.15, 0.2) is 41.0 Å². The smallest absolute Gasteiger partial charge is 0.301 e. The van der Waals surface area contributed by atoms with Gasteiger partial charge in [0.15, 0.2) is 0 Å². The maximum absolute atomic E-state index is 12.2. The normalized spacial score (nSPS) is 10.6. The van der Waals surface area contributed by atoms with Crippen LogP contribution in [-0.4, -0.2) is 22.9 Å². The van der Waals surface area contributed by atoms with Gasteiger partial charge < -0.3 is 9.73 Å². The fraction of sp³-hybridized carbons (Fsp3) is 0.133. The topological polar surface area (TPSA) is 80.0 Å². The minimum Gasteiger partial charge on any atom is -0.432 e. The van der Waals surface area contributed by atoms with Crippen molar-refractivity contribution < 1.29 is 9.21 Å². The quantitative estimate of drug-likeness (QED) is 0.772. The lowest BCUT2D eigenvalue weighted by Crippen LogP contribution is -2.14. The molecule has 0 unspecified atom stereocenters. The third-order valence-corrected chi connectivity index (χ3v) is 3.05. The lowest BCUT2D eigenvalue weighted by atomic mass is 10.1. The van der Waals surface area contributed by atoms with Gasteiger partial charge in [0.1, 0.15) is 17.8 Å². The average Bonchev–Trinajstić information content (AvgIpc) is 2.91. The molecule has 0 fully saturated rings. The molecule has 3 rings (SSSR count). The number of hydrogen-bond donors (Lipinski definition) is 2. The molecular weight excluding hydrogens is 268 g/mol. The summed E-state index contributed by atoms with van der Waals surface area (Å²) in [6.45, 7) is 1.78. The molecule has 21 heavy (non-hydrogen) atoms. The van der Waals surface area contributed by atoms with Gasteiger partial charge in [0.2, 0.25) is 0 Å². The zero-order valence-electron chi connectivity index (χ0n) is 11.7. The van der Waals surface area contributed by atoms with Crippen molar-refractivity contribution in [2.24, 2.45) is 0 Å². The second-order valence-corrected chi connectivity index (χ2v) is 4.58. The lowest BCUT2D eigenvalue weighted by Gasteiger charge is -2.08. The lowest BCUT2D eigenvalue weighted by molar-refractivity contribution is 0.101. The molecular formula is C15H14N4O2. The van der Waals surface area contributed by atoms with Crippen LogP contribution in [0.3, 0.4) is 0 Å². The van der Waals surface area contributed by atoms with Crippen molar-refractivity contribution in [1.29, 1.82) is 0 Å². The molecule has 0 radical (unpaired) electrons. The van der Waals surface area contributed by atoms with Gasteiger partial charge in [-0.1, -0.05) is 24.3 Å². The number of oxazole rings is 1. The van der Waals surface area contributed by atoms with Crippen LogP contribution in [0.4, 0.5) is 11.8 Å². The van der Waals surface area contributed by atoms with Gasteiger partial charge in [-0.3, -0.25) is 10.1 Å². The second kappa shape index (κ2) is 5.24. The molecule has 2 aromatic heterocycles. The van der Waals surface area contributed by atoms with Crippen LogP contribution >= 0.6 is 0 Å². The number of amides is 1. The molecule has 0 saturated heterocycles. The number of carbonyl (C=O) groups is 1. The summed E-state index contributed by atoms with van der Waals surface area (Å²) in [5, 5.41) is 7.49. The first-order valence-electron chi connectivity index (χ1n) is 6.48. The monoisotopic (exact) mass is 282 g/mol. The third-order valence-electron chi connectivity index (χ3n) is 3.05. The number of pyridine rings is 1. The maximum Gasteiger partial charge on any atom is 0.301 e. The highest BCUT2D eigenvalue weighted by Crippen LogP contribution is 2.22. The molecule has 2 heterocycles. The Hall–Kier alpha value is -2.89. The predicted octanol–water partition coefficient (Wildman–Crippen LogP) is 2.83. The SMILES string of the molecule is CNc1nc(C(=O)Nc2nc(C)co2)cc2ccccc12. The number of benzene rings is 1. The fourth-order valence-corrected chi connectivity index (χ4v) is 2.08. The first kappa shape index (κ1) is 13.1. The Bertz CT molecular complexity index is 810. The number of fused-ring (bicyclic) bond motifs is 1. The largest absolute Gasteiger partial charge is 0.432 e. The van der Waals surface area contributed by atoms with Gasteiger partial charge in [-0.05, 0) is 18.4 Å². The van der Waals surface area contributed by atoms with E-state index in [1.165, 1.54) is 6.26 Å². The van der Waals surface area contributed by atoms with Crippen LogP contribution in [0, 0.1) is 6.92 Å². The van der Waals surface area contributed by atoms with Gasteiger partial charge in [-0.2, -0.15) is 4.98 Å². The van der Waals surface area contributed by atoms with Crippen LogP contribution in [0.5, 0.6) is 0 Å². The van der Waals surface area contributed by atoms with E-state index < -0.39 is 0 Å². The number of nitrogens with zero attached hydrogens (tertiary/aromatic N) is 2. The van der Waals surface area contributed by atoms with E-state index in [0.717, 1.165) is 10.8 Å². The highest BCUT2D eigenvalue weighted by atomic mass is 16.4. The van der Waals surface area contributed by atoms with Gasteiger partial charge in [0.25, 0.3) is 5.91 Å². The molecule has 0 spiro atoms. The number of rotatable bonds is 3. The van der Waals surface area contributed by atoms with E-state index in [-0.39, 0.29) is 11.9 Å². The molecule has 1 amide bonds. The average molecular weight is 282 g/mol. The first-order chi connectivity index (χ1) is 10.2. The summed E-state index contributed by atoms with van der Waals surface area (Å²) in [7, 11) is 1.77. The van der Waals surface area contributed by atoms with Gasteiger partial charge in [0.05, 0.1) is 5.69 Å².